The van der Waals surface area contributed by atoms with Gasteiger partial charge in [-0.05, 0) is 44.5 Å². The Bertz CT molecular complexity index is 449. The number of nitrogens with one attached hydrogen (secondary N) is 2. The summed E-state index contributed by atoms with van der Waals surface area (Å²) in [6, 6.07) is 7.60. The maximum absolute atomic E-state index is 5.69. The number of nitrogens with zero attached hydrogens (tertiary/aromatic N) is 1. The van der Waals surface area contributed by atoms with Gasteiger partial charge in [0.05, 0.1) is 13.7 Å². The van der Waals surface area contributed by atoms with E-state index in [2.05, 4.69) is 22.5 Å². The fraction of sp³-hybridized carbons (Fsp3) is 0.611. The average molecular weight is 337 g/mol. The van der Waals surface area contributed by atoms with Crippen LogP contribution in [0.15, 0.2) is 29.3 Å². The minimum absolute atomic E-state index is 0.638. The van der Waals surface area contributed by atoms with Crippen molar-refractivity contribution in [1.82, 2.24) is 10.6 Å². The van der Waals surface area contributed by atoms with Gasteiger partial charge in [-0.3, -0.25) is 4.99 Å². The van der Waals surface area contributed by atoms with Crippen molar-refractivity contribution in [2.45, 2.75) is 26.7 Å². The van der Waals surface area contributed by atoms with E-state index in [4.69, 9.17) is 14.2 Å². The number of ether oxygens (including phenoxy) is 3. The molecule has 0 unspecified atom stereocenters. The van der Waals surface area contributed by atoms with E-state index >= 15 is 0 Å². The van der Waals surface area contributed by atoms with Crippen molar-refractivity contribution in [2.24, 2.45) is 4.99 Å². The molecule has 6 nitrogen and oxygen atoms in total. The number of aliphatic imine (C=N–C) groups is 1. The third kappa shape index (κ3) is 9.25. The lowest BCUT2D eigenvalue weighted by Crippen LogP contribution is -2.38. The summed E-state index contributed by atoms with van der Waals surface area (Å²) in [4.78, 5) is 4.54. The zero-order chi connectivity index (χ0) is 17.5. The van der Waals surface area contributed by atoms with Gasteiger partial charge in [0.1, 0.15) is 11.5 Å². The molecule has 0 aliphatic heterocycles. The Morgan fingerprint density at radius 1 is 1.00 bits per heavy atom. The van der Waals surface area contributed by atoms with Gasteiger partial charge in [-0.25, -0.2) is 0 Å². The highest BCUT2D eigenvalue weighted by Gasteiger charge is 1.98. The lowest BCUT2D eigenvalue weighted by molar-refractivity contribution is 0.145. The molecule has 0 saturated heterocycles. The van der Waals surface area contributed by atoms with Crippen LogP contribution >= 0.6 is 0 Å². The van der Waals surface area contributed by atoms with E-state index in [1.165, 1.54) is 0 Å². The minimum Gasteiger partial charge on any atom is -0.497 e. The zero-order valence-electron chi connectivity index (χ0n) is 15.1. The monoisotopic (exact) mass is 337 g/mol. The molecule has 1 aromatic carbocycles. The second kappa shape index (κ2) is 13.5. The predicted molar refractivity (Wildman–Crippen MR) is 98.2 cm³/mol. The summed E-state index contributed by atoms with van der Waals surface area (Å²) in [5, 5.41) is 6.54. The van der Waals surface area contributed by atoms with Crippen LogP contribution < -0.4 is 20.1 Å². The highest BCUT2D eigenvalue weighted by molar-refractivity contribution is 5.79. The van der Waals surface area contributed by atoms with E-state index in [0.717, 1.165) is 63.1 Å². The van der Waals surface area contributed by atoms with Crippen molar-refractivity contribution < 1.29 is 14.2 Å². The molecule has 0 fully saturated rings. The van der Waals surface area contributed by atoms with E-state index < -0.39 is 0 Å². The number of hydrogen-bond acceptors (Lipinski definition) is 4. The van der Waals surface area contributed by atoms with Crippen molar-refractivity contribution in [1.29, 1.82) is 0 Å². The van der Waals surface area contributed by atoms with Gasteiger partial charge in [0.15, 0.2) is 5.96 Å². The molecule has 6 heteroatoms. The van der Waals surface area contributed by atoms with Gasteiger partial charge in [0.25, 0.3) is 0 Å². The van der Waals surface area contributed by atoms with Gasteiger partial charge in [-0.2, -0.15) is 0 Å². The fourth-order valence-corrected chi connectivity index (χ4v) is 1.98. The van der Waals surface area contributed by atoms with Crippen LogP contribution in [0.3, 0.4) is 0 Å². The molecule has 0 radical (unpaired) electrons. The van der Waals surface area contributed by atoms with Crippen molar-refractivity contribution in [3.05, 3.63) is 24.3 Å². The van der Waals surface area contributed by atoms with Gasteiger partial charge >= 0.3 is 0 Å². The Hall–Kier alpha value is -1.95. The largest absolute Gasteiger partial charge is 0.497 e. The maximum atomic E-state index is 5.69. The summed E-state index contributed by atoms with van der Waals surface area (Å²) in [5.41, 5.74) is 0. The quantitative estimate of drug-likeness (QED) is 0.348. The van der Waals surface area contributed by atoms with Crippen LogP contribution in [0.4, 0.5) is 0 Å². The van der Waals surface area contributed by atoms with Gasteiger partial charge in [0, 0.05) is 39.3 Å². The zero-order valence-corrected chi connectivity index (χ0v) is 15.1. The molecule has 0 bridgehead atoms. The number of rotatable bonds is 12. The first-order valence-corrected chi connectivity index (χ1v) is 8.67. The molecule has 0 aromatic heterocycles. The summed E-state index contributed by atoms with van der Waals surface area (Å²) in [5.74, 6) is 2.52. The third-order valence-electron chi connectivity index (χ3n) is 3.21. The van der Waals surface area contributed by atoms with Gasteiger partial charge < -0.3 is 24.8 Å². The first-order valence-electron chi connectivity index (χ1n) is 8.67. The number of guanidine groups is 1. The summed E-state index contributed by atoms with van der Waals surface area (Å²) >= 11 is 0. The molecule has 2 N–H and O–H groups in total. The Balaban J connectivity index is 2.20. The lowest BCUT2D eigenvalue weighted by atomic mass is 10.3. The maximum Gasteiger partial charge on any atom is 0.191 e. The predicted octanol–water partition coefficient (Wildman–Crippen LogP) is 2.45. The van der Waals surface area contributed by atoms with Crippen LogP contribution in [0.25, 0.3) is 0 Å². The Morgan fingerprint density at radius 3 is 2.42 bits per heavy atom. The first kappa shape index (κ1) is 20.1. The fourth-order valence-electron chi connectivity index (χ4n) is 1.98. The average Bonchev–Trinajstić information content (AvgIpc) is 2.61. The molecule has 0 saturated carbocycles. The second-order valence-electron chi connectivity index (χ2n) is 5.12. The molecule has 0 aliphatic carbocycles. The SMILES string of the molecule is CCNC(=NCCCOc1ccc(OC)cc1)NCCCOCC. The molecule has 0 spiro atoms. The van der Waals surface area contributed by atoms with E-state index in [0.29, 0.717) is 6.61 Å². The third-order valence-corrected chi connectivity index (χ3v) is 3.21. The summed E-state index contributed by atoms with van der Waals surface area (Å²) in [6.07, 6.45) is 1.83. The first-order chi connectivity index (χ1) is 11.8. The van der Waals surface area contributed by atoms with Crippen molar-refractivity contribution >= 4 is 5.96 Å². The minimum atomic E-state index is 0.638. The van der Waals surface area contributed by atoms with Crippen LogP contribution in [0.5, 0.6) is 11.5 Å². The summed E-state index contributed by atoms with van der Waals surface area (Å²) < 4.78 is 16.1. The lowest BCUT2D eigenvalue weighted by Gasteiger charge is -2.11. The van der Waals surface area contributed by atoms with Gasteiger partial charge in [-0.15, -0.1) is 0 Å². The van der Waals surface area contributed by atoms with Crippen molar-refractivity contribution in [2.75, 3.05) is 46.6 Å². The number of benzene rings is 1. The highest BCUT2D eigenvalue weighted by Crippen LogP contribution is 2.16. The molecule has 0 amide bonds. The standard InChI is InChI=1S/C18H31N3O3/c1-4-19-18(20-12-6-14-23-5-2)21-13-7-15-24-17-10-8-16(22-3)9-11-17/h8-11H,4-7,12-15H2,1-3H3,(H2,19,20,21). The van der Waals surface area contributed by atoms with Crippen molar-refractivity contribution in [3.8, 4) is 11.5 Å². The molecule has 136 valence electrons. The van der Waals surface area contributed by atoms with Gasteiger partial charge in [0.2, 0.25) is 0 Å². The van der Waals surface area contributed by atoms with Crippen molar-refractivity contribution in [3.63, 3.8) is 0 Å². The molecule has 1 rings (SSSR count). The van der Waals surface area contributed by atoms with E-state index in [1.54, 1.807) is 7.11 Å². The van der Waals surface area contributed by atoms with Crippen LogP contribution in [0, 0.1) is 0 Å². The molecule has 0 atom stereocenters. The summed E-state index contributed by atoms with van der Waals surface area (Å²) in [6.45, 7) is 8.67. The van der Waals surface area contributed by atoms with Gasteiger partial charge in [-0.1, -0.05) is 0 Å². The van der Waals surface area contributed by atoms with Crippen LogP contribution in [-0.4, -0.2) is 52.5 Å². The van der Waals surface area contributed by atoms with E-state index in [9.17, 15) is 0 Å². The van der Waals surface area contributed by atoms with Crippen LogP contribution in [-0.2, 0) is 4.74 Å². The van der Waals surface area contributed by atoms with Crippen LogP contribution in [0.1, 0.15) is 26.7 Å². The highest BCUT2D eigenvalue weighted by atomic mass is 16.5. The normalized spacial score (nSPS) is 11.2. The summed E-state index contributed by atoms with van der Waals surface area (Å²) in [7, 11) is 1.65. The Labute approximate surface area is 145 Å². The molecular formula is C18H31N3O3. The molecule has 1 aromatic rings. The Morgan fingerprint density at radius 2 is 1.75 bits per heavy atom. The molecule has 0 heterocycles. The second-order valence-corrected chi connectivity index (χ2v) is 5.12. The number of methoxy groups -OCH3 is 1. The van der Waals surface area contributed by atoms with E-state index in [-0.39, 0.29) is 0 Å². The smallest absolute Gasteiger partial charge is 0.191 e. The molecule has 0 aliphatic rings. The van der Waals surface area contributed by atoms with E-state index in [1.807, 2.05) is 31.2 Å². The Kier molecular flexibility index (Phi) is 11.3. The van der Waals surface area contributed by atoms with Crippen LogP contribution in [0.2, 0.25) is 0 Å². The topological polar surface area (TPSA) is 64.1 Å². The molecular weight excluding hydrogens is 306 g/mol. The number of hydrogen-bond donors (Lipinski definition) is 2. The molecule has 24 heavy (non-hydrogen) atoms.